The van der Waals surface area contributed by atoms with Crippen LogP contribution in [0, 0.1) is 0 Å². The Morgan fingerprint density at radius 2 is 1.71 bits per heavy atom. The molecule has 0 aliphatic carbocycles. The van der Waals surface area contributed by atoms with Crippen LogP contribution in [0.15, 0.2) is 76.9 Å². The minimum atomic E-state index is -0.994. The van der Waals surface area contributed by atoms with Crippen LogP contribution in [0.2, 0.25) is 0 Å². The first-order valence-electron chi connectivity index (χ1n) is 10.7. The maximum absolute atomic E-state index is 13.1. The minimum absolute atomic E-state index is 0.0226. The number of furan rings is 1. The third-order valence-electron chi connectivity index (χ3n) is 5.33. The van der Waals surface area contributed by atoms with Crippen LogP contribution in [-0.2, 0) is 20.8 Å². The predicted octanol–water partition coefficient (Wildman–Crippen LogP) is 4.32. The van der Waals surface area contributed by atoms with Gasteiger partial charge in [-0.05, 0) is 67.9 Å². The van der Waals surface area contributed by atoms with Crippen molar-refractivity contribution in [1.82, 2.24) is 0 Å². The summed E-state index contributed by atoms with van der Waals surface area (Å²) in [5.41, 5.74) is 1.16. The summed E-state index contributed by atoms with van der Waals surface area (Å²) in [6.45, 7) is 3.79. The number of aliphatic hydroxyl groups is 1. The molecular formula is C26H23NO7. The number of benzene rings is 2. The van der Waals surface area contributed by atoms with Crippen LogP contribution in [0.4, 0.5) is 5.69 Å². The Balaban J connectivity index is 1.77. The van der Waals surface area contributed by atoms with Crippen molar-refractivity contribution < 1.29 is 33.8 Å². The minimum Gasteiger partial charge on any atom is -0.507 e. The number of hydrogen-bond donors (Lipinski definition) is 2. The SMILES string of the molecule is CC(C)Oc1ccc(/C(O)=C2/C(=O)C(=O)N(c3ccc(CC(=O)O)cc3)C2c2ccco2)cc1. The van der Waals surface area contributed by atoms with Crippen molar-refractivity contribution in [2.45, 2.75) is 32.4 Å². The Hall–Kier alpha value is -4.33. The molecule has 1 atom stereocenters. The molecule has 1 aliphatic heterocycles. The van der Waals surface area contributed by atoms with Gasteiger partial charge in [-0.2, -0.15) is 0 Å². The van der Waals surface area contributed by atoms with Gasteiger partial charge in [0, 0.05) is 11.3 Å². The molecule has 8 heteroatoms. The third-order valence-corrected chi connectivity index (χ3v) is 5.33. The number of ether oxygens (including phenoxy) is 1. The Morgan fingerprint density at radius 3 is 2.26 bits per heavy atom. The summed E-state index contributed by atoms with van der Waals surface area (Å²) in [5, 5.41) is 20.1. The zero-order chi connectivity index (χ0) is 24.4. The number of aliphatic hydroxyl groups excluding tert-OH is 1. The standard InChI is InChI=1S/C26H23NO7/c1-15(2)34-19-11-7-17(8-12-19)24(30)22-23(20-4-3-13-33-20)27(26(32)25(22)31)18-9-5-16(6-10-18)14-21(28)29/h3-13,15,23,30H,14H2,1-2H3,(H,28,29)/b24-22-. The van der Waals surface area contributed by atoms with Crippen LogP contribution in [-0.4, -0.2) is 34.0 Å². The fraction of sp³-hybridized carbons (Fsp3) is 0.192. The predicted molar refractivity (Wildman–Crippen MR) is 123 cm³/mol. The highest BCUT2D eigenvalue weighted by molar-refractivity contribution is 6.51. The van der Waals surface area contributed by atoms with Gasteiger partial charge in [-0.3, -0.25) is 19.3 Å². The number of Topliss-reactive ketones (excluding diaryl/α,β-unsaturated/α-hetero) is 1. The largest absolute Gasteiger partial charge is 0.507 e. The summed E-state index contributed by atoms with van der Waals surface area (Å²) in [6, 6.07) is 15.1. The van der Waals surface area contributed by atoms with E-state index in [0.717, 1.165) is 0 Å². The summed E-state index contributed by atoms with van der Waals surface area (Å²) in [4.78, 5) is 38.4. The highest BCUT2D eigenvalue weighted by Crippen LogP contribution is 2.42. The molecular weight excluding hydrogens is 438 g/mol. The van der Waals surface area contributed by atoms with E-state index in [1.807, 2.05) is 13.8 Å². The summed E-state index contributed by atoms with van der Waals surface area (Å²) >= 11 is 0. The van der Waals surface area contributed by atoms with Crippen LogP contribution >= 0.6 is 0 Å². The van der Waals surface area contributed by atoms with Crippen LogP contribution in [0.1, 0.15) is 36.8 Å². The summed E-state index contributed by atoms with van der Waals surface area (Å²) in [7, 11) is 0. The van der Waals surface area contributed by atoms with Gasteiger partial charge in [0.15, 0.2) is 0 Å². The van der Waals surface area contributed by atoms with Crippen LogP contribution in [0.25, 0.3) is 5.76 Å². The monoisotopic (exact) mass is 461 g/mol. The number of aliphatic carboxylic acids is 1. The number of anilines is 1. The smallest absolute Gasteiger partial charge is 0.307 e. The molecule has 174 valence electrons. The molecule has 2 N–H and O–H groups in total. The van der Waals surface area contributed by atoms with Crippen LogP contribution < -0.4 is 9.64 Å². The van der Waals surface area contributed by atoms with Crippen molar-refractivity contribution in [3.63, 3.8) is 0 Å². The summed E-state index contributed by atoms with van der Waals surface area (Å²) < 4.78 is 11.2. The maximum atomic E-state index is 13.1. The number of hydrogen-bond acceptors (Lipinski definition) is 6. The highest BCUT2D eigenvalue weighted by Gasteiger charge is 2.48. The van der Waals surface area contributed by atoms with Crippen molar-refractivity contribution in [3.8, 4) is 5.75 Å². The first kappa shape index (κ1) is 22.8. The van der Waals surface area contributed by atoms with Crippen molar-refractivity contribution in [1.29, 1.82) is 0 Å². The molecule has 1 fully saturated rings. The lowest BCUT2D eigenvalue weighted by Gasteiger charge is -2.23. The van der Waals surface area contributed by atoms with Crippen LogP contribution in [0.5, 0.6) is 5.75 Å². The molecule has 4 rings (SSSR count). The molecule has 1 unspecified atom stereocenters. The van der Waals surface area contributed by atoms with E-state index < -0.39 is 23.7 Å². The molecule has 2 aromatic carbocycles. The Kier molecular flexibility index (Phi) is 6.23. The number of ketones is 1. The molecule has 0 radical (unpaired) electrons. The van der Waals surface area contributed by atoms with E-state index in [9.17, 15) is 19.5 Å². The second-order valence-corrected chi connectivity index (χ2v) is 8.11. The Morgan fingerprint density at radius 1 is 1.03 bits per heavy atom. The molecule has 34 heavy (non-hydrogen) atoms. The lowest BCUT2D eigenvalue weighted by molar-refractivity contribution is -0.136. The van der Waals surface area contributed by atoms with Crippen molar-refractivity contribution in [3.05, 3.63) is 89.4 Å². The molecule has 1 aliphatic rings. The molecule has 8 nitrogen and oxygen atoms in total. The third kappa shape index (κ3) is 4.43. The van der Waals surface area contributed by atoms with E-state index in [4.69, 9.17) is 14.3 Å². The second kappa shape index (κ2) is 9.27. The number of carbonyl (C=O) groups is 3. The van der Waals surface area contributed by atoms with Crippen molar-refractivity contribution >= 4 is 29.1 Å². The fourth-order valence-electron chi connectivity index (χ4n) is 3.88. The molecule has 1 saturated heterocycles. The molecule has 1 amide bonds. The first-order valence-corrected chi connectivity index (χ1v) is 10.7. The van der Waals surface area contributed by atoms with Gasteiger partial charge in [-0.1, -0.05) is 12.1 Å². The summed E-state index contributed by atoms with van der Waals surface area (Å²) in [6.07, 6.45) is 1.23. The highest BCUT2D eigenvalue weighted by atomic mass is 16.5. The first-order chi connectivity index (χ1) is 16.3. The number of amides is 1. The van der Waals surface area contributed by atoms with Crippen molar-refractivity contribution in [2.75, 3.05) is 4.90 Å². The van der Waals surface area contributed by atoms with E-state index in [-0.39, 0.29) is 23.9 Å². The van der Waals surface area contributed by atoms with Crippen LogP contribution in [0.3, 0.4) is 0 Å². The summed E-state index contributed by atoms with van der Waals surface area (Å²) in [5.74, 6) is -2.08. The lowest BCUT2D eigenvalue weighted by atomic mass is 9.99. The molecule has 3 aromatic rings. The molecule has 2 heterocycles. The van der Waals surface area contributed by atoms with Gasteiger partial charge in [-0.15, -0.1) is 0 Å². The lowest BCUT2D eigenvalue weighted by Crippen LogP contribution is -2.29. The number of rotatable bonds is 7. The quantitative estimate of drug-likeness (QED) is 0.306. The van der Waals surface area contributed by atoms with E-state index in [0.29, 0.717) is 28.3 Å². The Bertz CT molecular complexity index is 1240. The van der Waals surface area contributed by atoms with E-state index >= 15 is 0 Å². The number of carbonyl (C=O) groups excluding carboxylic acids is 2. The van der Waals surface area contributed by atoms with Gasteiger partial charge >= 0.3 is 5.97 Å². The molecule has 1 aromatic heterocycles. The molecule has 0 saturated carbocycles. The average Bonchev–Trinajstić information content (AvgIpc) is 3.41. The average molecular weight is 461 g/mol. The number of carboxylic acids is 1. The molecule has 0 bridgehead atoms. The number of nitrogens with zero attached hydrogens (tertiary/aromatic N) is 1. The van der Waals surface area contributed by atoms with Gasteiger partial charge in [0.05, 0.1) is 24.4 Å². The van der Waals surface area contributed by atoms with Gasteiger partial charge in [0.1, 0.15) is 23.3 Å². The Labute approximate surface area is 195 Å². The van der Waals surface area contributed by atoms with Gasteiger partial charge in [0.2, 0.25) is 0 Å². The zero-order valence-electron chi connectivity index (χ0n) is 18.6. The van der Waals surface area contributed by atoms with Gasteiger partial charge < -0.3 is 19.4 Å². The fourth-order valence-corrected chi connectivity index (χ4v) is 3.88. The van der Waals surface area contributed by atoms with E-state index in [2.05, 4.69) is 0 Å². The zero-order valence-corrected chi connectivity index (χ0v) is 18.6. The van der Waals surface area contributed by atoms with Crippen molar-refractivity contribution in [2.24, 2.45) is 0 Å². The van der Waals surface area contributed by atoms with E-state index in [1.54, 1.807) is 60.7 Å². The topological polar surface area (TPSA) is 117 Å². The normalized spacial score (nSPS) is 17.4. The maximum Gasteiger partial charge on any atom is 0.307 e. The number of carboxylic acid groups (broad SMARTS) is 1. The van der Waals surface area contributed by atoms with Gasteiger partial charge in [-0.25, -0.2) is 0 Å². The van der Waals surface area contributed by atoms with E-state index in [1.165, 1.54) is 11.2 Å². The van der Waals surface area contributed by atoms with Gasteiger partial charge in [0.25, 0.3) is 11.7 Å². The second-order valence-electron chi connectivity index (χ2n) is 8.11. The molecule has 0 spiro atoms.